The molecule has 1 fully saturated rings. The van der Waals surface area contributed by atoms with Crippen LogP contribution in [-0.2, 0) is 4.74 Å². The van der Waals surface area contributed by atoms with E-state index in [1.54, 1.807) is 0 Å². The number of hydrogen-bond acceptors (Lipinski definition) is 3. The van der Waals surface area contributed by atoms with E-state index < -0.39 is 0 Å². The van der Waals surface area contributed by atoms with Gasteiger partial charge in [-0.1, -0.05) is 6.92 Å². The normalized spacial score (nSPS) is 23.1. The number of ether oxygens (including phenoxy) is 1. The summed E-state index contributed by atoms with van der Waals surface area (Å²) in [5.41, 5.74) is -0.191. The minimum absolute atomic E-state index is 0.171. The highest BCUT2D eigenvalue weighted by Crippen LogP contribution is 2.39. The molecule has 14 heavy (non-hydrogen) atoms. The van der Waals surface area contributed by atoms with Gasteiger partial charge in [0.25, 0.3) is 0 Å². The number of hydrogen-bond donors (Lipinski definition) is 2. The van der Waals surface area contributed by atoms with Gasteiger partial charge in [-0.2, -0.15) is 0 Å². The van der Waals surface area contributed by atoms with Crippen LogP contribution in [0, 0.1) is 5.92 Å². The van der Waals surface area contributed by atoms with Crippen LogP contribution in [-0.4, -0.2) is 37.0 Å². The van der Waals surface area contributed by atoms with Crippen molar-refractivity contribution in [3.8, 4) is 0 Å². The zero-order valence-corrected chi connectivity index (χ0v) is 9.55. The van der Waals surface area contributed by atoms with Crippen molar-refractivity contribution < 1.29 is 9.84 Å². The van der Waals surface area contributed by atoms with Crippen LogP contribution < -0.4 is 5.32 Å². The second-order valence-electron chi connectivity index (χ2n) is 4.37. The summed E-state index contributed by atoms with van der Waals surface area (Å²) in [4.78, 5) is 0. The van der Waals surface area contributed by atoms with E-state index in [-0.39, 0.29) is 18.2 Å². The number of aliphatic hydroxyl groups is 1. The summed E-state index contributed by atoms with van der Waals surface area (Å²) >= 11 is 0. The monoisotopic (exact) mass is 201 g/mol. The fourth-order valence-electron chi connectivity index (χ4n) is 1.69. The Kier molecular flexibility index (Phi) is 4.35. The first kappa shape index (κ1) is 12.0. The molecule has 1 saturated carbocycles. The van der Waals surface area contributed by atoms with Crippen LogP contribution in [0.5, 0.6) is 0 Å². The molecule has 0 aliphatic heterocycles. The molecule has 0 aromatic heterocycles. The predicted octanol–water partition coefficient (Wildman–Crippen LogP) is 1.16. The lowest BCUT2D eigenvalue weighted by Gasteiger charge is -2.32. The van der Waals surface area contributed by atoms with Crippen LogP contribution >= 0.6 is 0 Å². The van der Waals surface area contributed by atoms with Crippen LogP contribution in [0.15, 0.2) is 0 Å². The third-order valence-electron chi connectivity index (χ3n) is 3.34. The largest absolute Gasteiger partial charge is 0.394 e. The number of likely N-dealkylation sites (N-methyl/N-ethyl adjacent to an activating group) is 1. The first-order valence-corrected chi connectivity index (χ1v) is 5.60. The molecule has 0 spiro atoms. The molecule has 1 aliphatic rings. The van der Waals surface area contributed by atoms with E-state index >= 15 is 0 Å². The quantitative estimate of drug-likeness (QED) is 0.649. The Hall–Kier alpha value is -0.120. The maximum absolute atomic E-state index is 9.43. The van der Waals surface area contributed by atoms with E-state index in [1.807, 2.05) is 7.05 Å². The van der Waals surface area contributed by atoms with Gasteiger partial charge in [0.1, 0.15) is 0 Å². The summed E-state index contributed by atoms with van der Waals surface area (Å²) in [5.74, 6) is 0.599. The standard InChI is InChI=1S/C11H23NO2/c1-4-9(2)14-8-11(7-13,12-3)10-5-6-10/h9-10,12-13H,4-8H2,1-3H3. The van der Waals surface area contributed by atoms with Crippen molar-refractivity contribution in [3.63, 3.8) is 0 Å². The molecule has 0 radical (unpaired) electrons. The Labute approximate surface area is 86.8 Å². The highest BCUT2D eigenvalue weighted by Gasteiger charge is 2.44. The van der Waals surface area contributed by atoms with E-state index in [4.69, 9.17) is 4.74 Å². The molecule has 2 N–H and O–H groups in total. The van der Waals surface area contributed by atoms with Gasteiger partial charge in [-0.05, 0) is 39.2 Å². The second kappa shape index (κ2) is 5.10. The van der Waals surface area contributed by atoms with Gasteiger partial charge in [0.15, 0.2) is 0 Å². The van der Waals surface area contributed by atoms with E-state index in [0.29, 0.717) is 12.5 Å². The fraction of sp³-hybridized carbons (Fsp3) is 1.00. The zero-order chi connectivity index (χ0) is 10.6. The van der Waals surface area contributed by atoms with E-state index in [2.05, 4.69) is 19.2 Å². The number of rotatable bonds is 7. The molecule has 0 heterocycles. The Morgan fingerprint density at radius 1 is 1.57 bits per heavy atom. The molecule has 0 aromatic carbocycles. The molecule has 2 unspecified atom stereocenters. The predicted molar refractivity (Wildman–Crippen MR) is 57.3 cm³/mol. The molecular weight excluding hydrogens is 178 g/mol. The van der Waals surface area contributed by atoms with Gasteiger partial charge in [-0.15, -0.1) is 0 Å². The van der Waals surface area contributed by atoms with Crippen LogP contribution in [0.3, 0.4) is 0 Å². The van der Waals surface area contributed by atoms with Gasteiger partial charge in [0.05, 0.1) is 24.9 Å². The molecule has 0 saturated heterocycles. The molecule has 0 aromatic rings. The second-order valence-corrected chi connectivity index (χ2v) is 4.37. The lowest BCUT2D eigenvalue weighted by Crippen LogP contribution is -2.53. The third kappa shape index (κ3) is 2.69. The molecule has 1 aliphatic carbocycles. The fourth-order valence-corrected chi connectivity index (χ4v) is 1.69. The van der Waals surface area contributed by atoms with Crippen LogP contribution in [0.1, 0.15) is 33.1 Å². The van der Waals surface area contributed by atoms with Crippen molar-refractivity contribution in [2.75, 3.05) is 20.3 Å². The van der Waals surface area contributed by atoms with Crippen molar-refractivity contribution in [1.82, 2.24) is 5.32 Å². The van der Waals surface area contributed by atoms with Gasteiger partial charge in [0.2, 0.25) is 0 Å². The zero-order valence-electron chi connectivity index (χ0n) is 9.55. The first-order valence-electron chi connectivity index (χ1n) is 5.60. The number of nitrogens with one attached hydrogen (secondary N) is 1. The molecule has 0 bridgehead atoms. The Morgan fingerprint density at radius 2 is 2.21 bits per heavy atom. The summed E-state index contributed by atoms with van der Waals surface area (Å²) in [5, 5.41) is 12.7. The molecule has 84 valence electrons. The maximum Gasteiger partial charge on any atom is 0.0677 e. The van der Waals surface area contributed by atoms with Gasteiger partial charge in [-0.3, -0.25) is 0 Å². The van der Waals surface area contributed by atoms with E-state index in [0.717, 1.165) is 6.42 Å². The van der Waals surface area contributed by atoms with Crippen molar-refractivity contribution in [2.45, 2.75) is 44.8 Å². The maximum atomic E-state index is 9.43. The van der Waals surface area contributed by atoms with Gasteiger partial charge < -0.3 is 15.2 Å². The van der Waals surface area contributed by atoms with Crippen LogP contribution in [0.2, 0.25) is 0 Å². The minimum Gasteiger partial charge on any atom is -0.394 e. The molecule has 0 amide bonds. The average molecular weight is 201 g/mol. The van der Waals surface area contributed by atoms with E-state index in [9.17, 15) is 5.11 Å². The Morgan fingerprint density at radius 3 is 2.57 bits per heavy atom. The lowest BCUT2D eigenvalue weighted by atomic mass is 9.95. The molecule has 3 nitrogen and oxygen atoms in total. The molecule has 1 rings (SSSR count). The van der Waals surface area contributed by atoms with Crippen molar-refractivity contribution in [3.05, 3.63) is 0 Å². The van der Waals surface area contributed by atoms with Gasteiger partial charge in [-0.25, -0.2) is 0 Å². The first-order chi connectivity index (χ1) is 6.68. The summed E-state index contributed by atoms with van der Waals surface area (Å²) in [6.45, 7) is 4.98. The SMILES string of the molecule is CCC(C)OCC(CO)(NC)C1CC1. The molecule has 3 heteroatoms. The topological polar surface area (TPSA) is 41.5 Å². The van der Waals surface area contributed by atoms with Gasteiger partial charge >= 0.3 is 0 Å². The minimum atomic E-state index is -0.191. The summed E-state index contributed by atoms with van der Waals surface area (Å²) < 4.78 is 5.72. The average Bonchev–Trinajstić information content (AvgIpc) is 3.04. The molecule has 2 atom stereocenters. The summed E-state index contributed by atoms with van der Waals surface area (Å²) in [7, 11) is 1.91. The lowest BCUT2D eigenvalue weighted by molar-refractivity contribution is -0.00938. The summed E-state index contributed by atoms with van der Waals surface area (Å²) in [6.07, 6.45) is 3.74. The smallest absolute Gasteiger partial charge is 0.0677 e. The van der Waals surface area contributed by atoms with Crippen LogP contribution in [0.4, 0.5) is 0 Å². The Bertz CT molecular complexity index is 165. The van der Waals surface area contributed by atoms with Crippen molar-refractivity contribution in [1.29, 1.82) is 0 Å². The van der Waals surface area contributed by atoms with Gasteiger partial charge in [0, 0.05) is 0 Å². The third-order valence-corrected chi connectivity index (χ3v) is 3.34. The summed E-state index contributed by atoms with van der Waals surface area (Å²) in [6, 6.07) is 0. The van der Waals surface area contributed by atoms with Crippen LogP contribution in [0.25, 0.3) is 0 Å². The molecular formula is C11H23NO2. The highest BCUT2D eigenvalue weighted by molar-refractivity contribution is 5.00. The van der Waals surface area contributed by atoms with Crippen molar-refractivity contribution in [2.24, 2.45) is 5.92 Å². The van der Waals surface area contributed by atoms with Crippen molar-refractivity contribution >= 4 is 0 Å². The van der Waals surface area contributed by atoms with E-state index in [1.165, 1.54) is 12.8 Å². The Balaban J connectivity index is 2.42. The number of aliphatic hydroxyl groups excluding tert-OH is 1. The highest BCUT2D eigenvalue weighted by atomic mass is 16.5.